The molecule has 2 rings (SSSR count). The number of likely N-dealkylation sites (tertiary alicyclic amines) is 1. The second-order valence-electron chi connectivity index (χ2n) is 20.0. The lowest BCUT2D eigenvalue weighted by atomic mass is 9.98. The molecule has 26 heteroatoms. The van der Waals surface area contributed by atoms with Gasteiger partial charge in [0.05, 0.1) is 13.0 Å². The Morgan fingerprint density at radius 2 is 1.07 bits per heavy atom. The molecule has 424 valence electrons. The van der Waals surface area contributed by atoms with Gasteiger partial charge >= 0.3 is 0 Å². The van der Waals surface area contributed by atoms with E-state index in [1.54, 1.807) is 71.9 Å². The third kappa shape index (κ3) is 20.8. The average molecular weight is 1070 g/mol. The van der Waals surface area contributed by atoms with E-state index in [0.29, 0.717) is 31.4 Å². The zero-order valence-electron chi connectivity index (χ0n) is 45.0. The number of carbonyl (C=O) groups excluding carboxylic acids is 12. The molecule has 0 radical (unpaired) electrons. The van der Waals surface area contributed by atoms with E-state index in [1.165, 1.54) is 20.8 Å². The number of carbonyl (C=O) groups is 12. The van der Waals surface area contributed by atoms with Crippen LogP contribution < -0.4 is 65.1 Å². The van der Waals surface area contributed by atoms with E-state index in [1.807, 2.05) is 0 Å². The Balaban J connectivity index is 2.18. The van der Waals surface area contributed by atoms with Gasteiger partial charge in [-0.05, 0) is 75.8 Å². The summed E-state index contributed by atoms with van der Waals surface area (Å²) in [7, 11) is 0. The summed E-state index contributed by atoms with van der Waals surface area (Å²) >= 11 is 0. The molecule has 1 aliphatic rings. The maximum atomic E-state index is 14.0. The van der Waals surface area contributed by atoms with Crippen LogP contribution in [0.25, 0.3) is 0 Å². The number of hydrogen-bond donors (Lipinski definition) is 13. The predicted molar refractivity (Wildman–Crippen MR) is 277 cm³/mol. The summed E-state index contributed by atoms with van der Waals surface area (Å²) < 4.78 is 0. The molecule has 16 N–H and O–H groups in total. The number of aliphatic hydroxyl groups excluding tert-OH is 1. The number of aliphatic hydroxyl groups is 1. The van der Waals surface area contributed by atoms with E-state index in [0.717, 1.165) is 4.90 Å². The molecule has 12 amide bonds. The second kappa shape index (κ2) is 31.6. The lowest BCUT2D eigenvalue weighted by Gasteiger charge is -2.31. The van der Waals surface area contributed by atoms with Crippen molar-refractivity contribution in [2.45, 2.75) is 168 Å². The lowest BCUT2D eigenvalue weighted by Crippen LogP contribution is -2.61. The fourth-order valence-electron chi connectivity index (χ4n) is 8.16. The molecule has 1 aromatic carbocycles. The molecule has 1 aliphatic heterocycles. The van der Waals surface area contributed by atoms with Crippen molar-refractivity contribution in [1.29, 1.82) is 0 Å². The van der Waals surface area contributed by atoms with E-state index < -0.39 is 156 Å². The van der Waals surface area contributed by atoms with Crippen LogP contribution in [-0.4, -0.2) is 161 Å². The molecule has 1 saturated heterocycles. The Morgan fingerprint density at radius 1 is 0.579 bits per heavy atom. The first kappa shape index (κ1) is 64.9. The van der Waals surface area contributed by atoms with Gasteiger partial charge in [0.25, 0.3) is 0 Å². The molecule has 0 aromatic heterocycles. The molecule has 1 heterocycles. The summed E-state index contributed by atoms with van der Waals surface area (Å²) in [6.07, 6.45) is 0.991. The number of nitrogens with zero attached hydrogens (tertiary/aromatic N) is 1. The summed E-state index contributed by atoms with van der Waals surface area (Å²) in [5.74, 6) is -11.1. The summed E-state index contributed by atoms with van der Waals surface area (Å²) in [6.45, 7) is 13.2. The Kier molecular flexibility index (Phi) is 27.0. The molecule has 1 fully saturated rings. The van der Waals surface area contributed by atoms with Crippen LogP contribution in [0.2, 0.25) is 0 Å². The highest BCUT2D eigenvalue weighted by molar-refractivity contribution is 6.00. The van der Waals surface area contributed by atoms with Gasteiger partial charge in [0.15, 0.2) is 0 Å². The Hall–Kier alpha value is -7.22. The van der Waals surface area contributed by atoms with Crippen molar-refractivity contribution in [2.75, 3.05) is 19.7 Å². The normalized spacial score (nSPS) is 16.8. The zero-order chi connectivity index (χ0) is 57.6. The van der Waals surface area contributed by atoms with Crippen LogP contribution in [0.5, 0.6) is 0 Å². The number of rotatable bonds is 31. The second-order valence-corrected chi connectivity index (χ2v) is 20.0. The van der Waals surface area contributed by atoms with Crippen molar-refractivity contribution in [2.24, 2.45) is 35.0 Å². The molecule has 0 aliphatic carbocycles. The maximum absolute atomic E-state index is 14.0. The Bertz CT molecular complexity index is 2210. The van der Waals surface area contributed by atoms with Gasteiger partial charge in [0, 0.05) is 19.9 Å². The van der Waals surface area contributed by atoms with Crippen molar-refractivity contribution in [3.05, 3.63) is 35.9 Å². The van der Waals surface area contributed by atoms with Gasteiger partial charge in [-0.25, -0.2) is 0 Å². The lowest BCUT2D eigenvalue weighted by molar-refractivity contribution is -0.143. The van der Waals surface area contributed by atoms with Crippen molar-refractivity contribution in [3.63, 3.8) is 0 Å². The van der Waals surface area contributed by atoms with E-state index in [9.17, 15) is 62.6 Å². The molecule has 1 aromatic rings. The predicted octanol–water partition coefficient (Wildman–Crippen LogP) is -3.91. The van der Waals surface area contributed by atoms with Crippen LogP contribution in [-0.2, 0) is 64.0 Å². The van der Waals surface area contributed by atoms with Gasteiger partial charge in [-0.15, -0.1) is 0 Å². The fraction of sp³-hybridized carbons (Fsp3) is 0.640. The highest BCUT2D eigenvalue weighted by Gasteiger charge is 2.41. The van der Waals surface area contributed by atoms with Crippen LogP contribution in [0.1, 0.15) is 106 Å². The van der Waals surface area contributed by atoms with Crippen LogP contribution in [0.4, 0.5) is 0 Å². The fourth-order valence-corrected chi connectivity index (χ4v) is 8.16. The minimum absolute atomic E-state index is 0.0184. The standard InChI is InChI=1S/C50H81N13O13/c1-25(2)38(41(53)67)60-45(71)33(22-31-16-11-10-12-17-31)57-48(74)39(26(3)4)62-49(75)40(27(5)6)61-43(69)29(8)55-47(73)36-19-15-21-63(36)50(76)34(23-37(52)66)58-46(72)35(24-64)59-42(68)28(7)54-44(70)32(56-30(9)65)18-13-14-20-51/h10-12,16-17,25-29,32-36,38-40,64H,13-15,18-24,51H2,1-9H3,(H2,52,66)(H2,53,67)(H,54,70)(H,55,73)(H,56,65)(H,57,74)(H,58,72)(H,59,68)(H,60,71)(H,61,69)(H,62,75). The molecule has 0 saturated carbocycles. The van der Waals surface area contributed by atoms with Gasteiger partial charge in [0.1, 0.15) is 60.4 Å². The highest BCUT2D eigenvalue weighted by Crippen LogP contribution is 2.20. The first-order valence-corrected chi connectivity index (χ1v) is 25.6. The smallest absolute Gasteiger partial charge is 0.246 e. The molecule has 26 nitrogen and oxygen atoms in total. The average Bonchev–Trinajstić information content (AvgIpc) is 3.84. The van der Waals surface area contributed by atoms with Crippen LogP contribution in [0, 0.1) is 17.8 Å². The molecule has 10 unspecified atom stereocenters. The molecule has 76 heavy (non-hydrogen) atoms. The quantitative estimate of drug-likeness (QED) is 0.0316. The third-order valence-electron chi connectivity index (χ3n) is 12.5. The third-order valence-corrected chi connectivity index (χ3v) is 12.5. The van der Waals surface area contributed by atoms with E-state index in [4.69, 9.17) is 17.2 Å². The first-order valence-electron chi connectivity index (χ1n) is 25.6. The summed E-state index contributed by atoms with van der Waals surface area (Å²) in [4.78, 5) is 159. The van der Waals surface area contributed by atoms with Crippen LogP contribution in [0.3, 0.4) is 0 Å². The number of unbranched alkanes of at least 4 members (excludes halogenated alkanes) is 1. The topological polar surface area (TPSA) is 415 Å². The van der Waals surface area contributed by atoms with Crippen molar-refractivity contribution in [3.8, 4) is 0 Å². The minimum Gasteiger partial charge on any atom is -0.394 e. The number of benzene rings is 1. The summed E-state index contributed by atoms with van der Waals surface area (Å²) in [5, 5.41) is 32.8. The largest absolute Gasteiger partial charge is 0.394 e. The molecule has 0 spiro atoms. The number of nitrogens with two attached hydrogens (primary N) is 3. The van der Waals surface area contributed by atoms with Gasteiger partial charge in [-0.3, -0.25) is 57.5 Å². The Labute approximate surface area is 443 Å². The monoisotopic (exact) mass is 1070 g/mol. The zero-order valence-corrected chi connectivity index (χ0v) is 45.0. The maximum Gasteiger partial charge on any atom is 0.246 e. The Morgan fingerprint density at radius 3 is 1.59 bits per heavy atom. The van der Waals surface area contributed by atoms with E-state index in [2.05, 4.69) is 47.9 Å². The molecule has 0 bridgehead atoms. The number of amides is 12. The van der Waals surface area contributed by atoms with Gasteiger partial charge in [0.2, 0.25) is 70.9 Å². The van der Waals surface area contributed by atoms with E-state index >= 15 is 0 Å². The number of primary amides is 2. The molecule has 10 atom stereocenters. The van der Waals surface area contributed by atoms with E-state index in [-0.39, 0.29) is 31.7 Å². The molecular weight excluding hydrogens is 991 g/mol. The number of nitrogens with one attached hydrogen (secondary N) is 9. The number of hydrogen-bond acceptors (Lipinski definition) is 14. The minimum atomic E-state index is -1.70. The van der Waals surface area contributed by atoms with Gasteiger partial charge in [-0.1, -0.05) is 71.9 Å². The van der Waals surface area contributed by atoms with Crippen LogP contribution in [0.15, 0.2) is 30.3 Å². The molecular formula is C50H81N13O13. The SMILES string of the molecule is CC(=O)NC(CCCCN)C(=O)NC(C)C(=O)NC(CO)C(=O)NC(CC(N)=O)C(=O)N1CCCC1C(=O)NC(C)C(=O)NC(C(=O)NC(C(=O)NC(Cc1ccccc1)C(=O)NC(C(N)=O)C(C)C)C(C)C)C(C)C. The van der Waals surface area contributed by atoms with Crippen molar-refractivity contribution < 1.29 is 62.6 Å². The first-order chi connectivity index (χ1) is 35.6. The van der Waals surface area contributed by atoms with Crippen molar-refractivity contribution >= 4 is 70.9 Å². The summed E-state index contributed by atoms with van der Waals surface area (Å²) in [6, 6.07) is -4.03. The highest BCUT2D eigenvalue weighted by atomic mass is 16.3. The van der Waals surface area contributed by atoms with Gasteiger partial charge in [-0.2, -0.15) is 0 Å². The van der Waals surface area contributed by atoms with Crippen LogP contribution >= 0.6 is 0 Å². The van der Waals surface area contributed by atoms with Gasteiger partial charge < -0.3 is 75.1 Å². The van der Waals surface area contributed by atoms with Crippen molar-refractivity contribution in [1.82, 2.24) is 52.8 Å². The summed E-state index contributed by atoms with van der Waals surface area (Å²) in [5.41, 5.74) is 17.2.